The molecule has 0 spiro atoms. The van der Waals surface area contributed by atoms with Gasteiger partial charge in [-0.15, -0.1) is 21.5 Å². The number of anilines is 1. The zero-order valence-electron chi connectivity index (χ0n) is 18.4. The maximum atomic E-state index is 13.3. The first-order valence-electron chi connectivity index (χ1n) is 11.0. The van der Waals surface area contributed by atoms with Gasteiger partial charge in [0, 0.05) is 10.4 Å². The SMILES string of the molecule is Cc1ccccc1-c1nnc(SCC(=O)N(Cc2ccccc2)c2nc3c(s2)CCCC3)o1. The molecule has 8 heteroatoms. The van der Waals surface area contributed by atoms with Gasteiger partial charge in [-0.05, 0) is 49.8 Å². The fraction of sp³-hybridized carbons (Fsp3) is 0.280. The second-order valence-electron chi connectivity index (χ2n) is 8.02. The smallest absolute Gasteiger partial charge is 0.277 e. The molecule has 4 aromatic rings. The summed E-state index contributed by atoms with van der Waals surface area (Å²) in [5, 5.41) is 9.47. The minimum absolute atomic E-state index is 0.0226. The maximum Gasteiger partial charge on any atom is 0.277 e. The normalized spacial score (nSPS) is 13.0. The molecular formula is C25H24N4O2S2. The van der Waals surface area contributed by atoms with Gasteiger partial charge in [0.25, 0.3) is 5.22 Å². The molecule has 0 bridgehead atoms. The van der Waals surface area contributed by atoms with E-state index in [2.05, 4.69) is 10.2 Å². The second-order valence-corrected chi connectivity index (χ2v) is 10.0. The lowest BCUT2D eigenvalue weighted by atomic mass is 10.0. The van der Waals surface area contributed by atoms with Crippen LogP contribution in [0.3, 0.4) is 0 Å². The van der Waals surface area contributed by atoms with Crippen LogP contribution in [0.15, 0.2) is 64.2 Å². The fourth-order valence-electron chi connectivity index (χ4n) is 3.87. The van der Waals surface area contributed by atoms with Gasteiger partial charge < -0.3 is 4.42 Å². The van der Waals surface area contributed by atoms with E-state index in [1.54, 1.807) is 16.2 Å². The van der Waals surface area contributed by atoms with E-state index >= 15 is 0 Å². The summed E-state index contributed by atoms with van der Waals surface area (Å²) >= 11 is 2.91. The summed E-state index contributed by atoms with van der Waals surface area (Å²) in [4.78, 5) is 21.3. The molecule has 0 unspecified atom stereocenters. The molecule has 0 saturated carbocycles. The lowest BCUT2D eigenvalue weighted by molar-refractivity contribution is -0.116. The van der Waals surface area contributed by atoms with Crippen LogP contribution in [0.4, 0.5) is 5.13 Å². The molecule has 0 atom stereocenters. The van der Waals surface area contributed by atoms with Crippen LogP contribution in [-0.2, 0) is 24.2 Å². The van der Waals surface area contributed by atoms with E-state index in [4.69, 9.17) is 9.40 Å². The van der Waals surface area contributed by atoms with E-state index < -0.39 is 0 Å². The van der Waals surface area contributed by atoms with Gasteiger partial charge in [-0.2, -0.15) is 0 Å². The number of nitrogens with zero attached hydrogens (tertiary/aromatic N) is 4. The van der Waals surface area contributed by atoms with E-state index in [9.17, 15) is 4.79 Å². The summed E-state index contributed by atoms with van der Waals surface area (Å²) in [6.45, 7) is 2.50. The Morgan fingerprint density at radius 2 is 1.85 bits per heavy atom. The standard InChI is InChI=1S/C25H24N4O2S2/c1-17-9-5-6-12-19(17)23-27-28-25(31-23)32-16-22(30)29(15-18-10-3-2-4-11-18)24-26-20-13-7-8-14-21(20)33-24/h2-6,9-12H,7-8,13-16H2,1H3. The van der Waals surface area contributed by atoms with Crippen LogP contribution in [0.25, 0.3) is 11.5 Å². The Morgan fingerprint density at radius 1 is 1.06 bits per heavy atom. The molecule has 168 valence electrons. The molecule has 0 aliphatic heterocycles. The van der Waals surface area contributed by atoms with Crippen LogP contribution in [0.5, 0.6) is 0 Å². The number of amides is 1. The van der Waals surface area contributed by atoms with Crippen molar-refractivity contribution in [2.24, 2.45) is 0 Å². The molecule has 2 aromatic carbocycles. The van der Waals surface area contributed by atoms with Crippen molar-refractivity contribution in [1.29, 1.82) is 0 Å². The van der Waals surface area contributed by atoms with Crippen molar-refractivity contribution < 1.29 is 9.21 Å². The van der Waals surface area contributed by atoms with E-state index in [0.717, 1.165) is 40.4 Å². The topological polar surface area (TPSA) is 72.1 Å². The van der Waals surface area contributed by atoms with Crippen LogP contribution in [0.1, 0.15) is 34.5 Å². The summed E-state index contributed by atoms with van der Waals surface area (Å²) in [5.41, 5.74) is 4.20. The Balaban J connectivity index is 1.33. The van der Waals surface area contributed by atoms with Gasteiger partial charge in [0.2, 0.25) is 11.8 Å². The number of carbonyl (C=O) groups excluding carboxylic acids is 1. The third kappa shape index (κ3) is 5.02. The monoisotopic (exact) mass is 476 g/mol. The van der Waals surface area contributed by atoms with Gasteiger partial charge >= 0.3 is 0 Å². The second kappa shape index (κ2) is 9.89. The highest BCUT2D eigenvalue weighted by Crippen LogP contribution is 2.33. The molecule has 6 nitrogen and oxygen atoms in total. The van der Waals surface area contributed by atoms with Crippen LogP contribution in [0.2, 0.25) is 0 Å². The van der Waals surface area contributed by atoms with Crippen molar-refractivity contribution in [2.45, 2.75) is 44.4 Å². The Bertz CT molecular complexity index is 1230. The molecule has 1 aliphatic rings. The zero-order valence-corrected chi connectivity index (χ0v) is 20.0. The molecule has 0 fully saturated rings. The van der Waals surface area contributed by atoms with Gasteiger partial charge in [-0.25, -0.2) is 4.98 Å². The number of carbonyl (C=O) groups is 1. The Hall–Kier alpha value is -2.97. The number of fused-ring (bicyclic) bond motifs is 1. The van der Waals surface area contributed by atoms with Gasteiger partial charge in [0.15, 0.2) is 5.13 Å². The molecule has 0 radical (unpaired) electrons. The summed E-state index contributed by atoms with van der Waals surface area (Å²) in [7, 11) is 0. The predicted octanol–water partition coefficient (Wildman–Crippen LogP) is 5.71. The number of hydrogen-bond acceptors (Lipinski definition) is 7. The van der Waals surface area contributed by atoms with E-state index in [-0.39, 0.29) is 11.7 Å². The Labute approximate surface area is 201 Å². The predicted molar refractivity (Wildman–Crippen MR) is 132 cm³/mol. The zero-order chi connectivity index (χ0) is 22.6. The largest absolute Gasteiger partial charge is 0.411 e. The lowest BCUT2D eigenvalue weighted by Gasteiger charge is -2.19. The van der Waals surface area contributed by atoms with Crippen LogP contribution in [0, 0.1) is 6.92 Å². The fourth-order valence-corrected chi connectivity index (χ4v) is 5.68. The first-order chi connectivity index (χ1) is 16.2. The van der Waals surface area contributed by atoms with Crippen molar-refractivity contribution in [3.8, 4) is 11.5 Å². The lowest BCUT2D eigenvalue weighted by Crippen LogP contribution is -2.31. The van der Waals surface area contributed by atoms with Crippen molar-refractivity contribution in [3.63, 3.8) is 0 Å². The van der Waals surface area contributed by atoms with Crippen LogP contribution < -0.4 is 4.90 Å². The summed E-state index contributed by atoms with van der Waals surface area (Å²) < 4.78 is 5.83. The molecule has 5 rings (SSSR count). The number of aromatic nitrogens is 3. The van der Waals surface area contributed by atoms with Gasteiger partial charge in [0.1, 0.15) is 0 Å². The van der Waals surface area contributed by atoms with Gasteiger partial charge in [0.05, 0.1) is 18.0 Å². The van der Waals surface area contributed by atoms with Crippen LogP contribution >= 0.6 is 23.1 Å². The highest BCUT2D eigenvalue weighted by molar-refractivity contribution is 7.99. The van der Waals surface area contributed by atoms with E-state index in [1.165, 1.54) is 29.5 Å². The maximum absolute atomic E-state index is 13.3. The van der Waals surface area contributed by atoms with E-state index in [1.807, 2.05) is 61.5 Å². The number of benzene rings is 2. The first kappa shape index (κ1) is 21.9. The molecule has 2 aromatic heterocycles. The third-order valence-corrected chi connectivity index (χ3v) is 7.63. The summed E-state index contributed by atoms with van der Waals surface area (Å²) in [6, 6.07) is 17.9. The first-order valence-corrected chi connectivity index (χ1v) is 12.8. The Kier molecular flexibility index (Phi) is 6.55. The van der Waals surface area contributed by atoms with Crippen molar-refractivity contribution in [1.82, 2.24) is 15.2 Å². The number of thiazole rings is 1. The number of thioether (sulfide) groups is 1. The molecule has 1 aliphatic carbocycles. The van der Waals surface area contributed by atoms with Crippen molar-refractivity contribution >= 4 is 34.1 Å². The van der Waals surface area contributed by atoms with Crippen LogP contribution in [-0.4, -0.2) is 26.8 Å². The summed E-state index contributed by atoms with van der Waals surface area (Å²) in [5.74, 6) is 0.648. The van der Waals surface area contributed by atoms with E-state index in [0.29, 0.717) is 17.7 Å². The van der Waals surface area contributed by atoms with Gasteiger partial charge in [-0.1, -0.05) is 60.3 Å². The quantitative estimate of drug-likeness (QED) is 0.318. The summed E-state index contributed by atoms with van der Waals surface area (Å²) in [6.07, 6.45) is 4.41. The molecule has 2 heterocycles. The minimum atomic E-state index is -0.0226. The number of hydrogen-bond donors (Lipinski definition) is 0. The third-order valence-electron chi connectivity index (χ3n) is 5.65. The van der Waals surface area contributed by atoms with Crippen molar-refractivity contribution in [2.75, 3.05) is 10.7 Å². The highest BCUT2D eigenvalue weighted by Gasteiger charge is 2.24. The van der Waals surface area contributed by atoms with Gasteiger partial charge in [-0.3, -0.25) is 9.69 Å². The molecule has 0 saturated heterocycles. The van der Waals surface area contributed by atoms with Crippen molar-refractivity contribution in [3.05, 3.63) is 76.3 Å². The molecule has 33 heavy (non-hydrogen) atoms. The average Bonchev–Trinajstić information content (AvgIpc) is 3.49. The molecule has 1 amide bonds. The molecular weight excluding hydrogens is 452 g/mol. The number of rotatable bonds is 7. The Morgan fingerprint density at radius 3 is 2.67 bits per heavy atom. The average molecular weight is 477 g/mol. The highest BCUT2D eigenvalue weighted by atomic mass is 32.2. The molecule has 0 N–H and O–H groups in total. The number of aryl methyl sites for hydroxylation is 3. The minimum Gasteiger partial charge on any atom is -0.411 e.